The summed E-state index contributed by atoms with van der Waals surface area (Å²) in [6, 6.07) is 8.37. The fourth-order valence-corrected chi connectivity index (χ4v) is 3.11. The molecule has 1 aromatic carbocycles. The first-order valence-electron chi connectivity index (χ1n) is 7.14. The first-order valence-corrected chi connectivity index (χ1v) is 8.08. The molecule has 0 aliphatic carbocycles. The van der Waals surface area contributed by atoms with Crippen LogP contribution in [0.2, 0.25) is 0 Å². The molecular weight excluding hydrogens is 303 g/mol. The standard InChI is InChI=1S/C16H17FN2O2S/c17-14-4-2-1-3-13(14)15-10-19(6-7-21-15)16(20)18-9-12-5-8-22-11-12/h1-5,8,11,15H,6-7,9-10H2,(H,18,20)/t15-/m0/s1. The van der Waals surface area contributed by atoms with E-state index in [-0.39, 0.29) is 11.8 Å². The number of rotatable bonds is 3. The molecule has 2 aromatic rings. The molecule has 1 saturated heterocycles. The minimum atomic E-state index is -0.415. The van der Waals surface area contributed by atoms with Crippen LogP contribution in [0.4, 0.5) is 9.18 Å². The van der Waals surface area contributed by atoms with Gasteiger partial charge < -0.3 is 15.0 Å². The molecule has 1 fully saturated rings. The number of carbonyl (C=O) groups excluding carboxylic acids is 1. The first kappa shape index (κ1) is 15.0. The van der Waals surface area contributed by atoms with Crippen molar-refractivity contribution in [2.45, 2.75) is 12.6 Å². The van der Waals surface area contributed by atoms with Gasteiger partial charge in [-0.1, -0.05) is 18.2 Å². The Hall–Kier alpha value is -1.92. The van der Waals surface area contributed by atoms with Gasteiger partial charge >= 0.3 is 6.03 Å². The molecule has 4 nitrogen and oxygen atoms in total. The molecule has 116 valence electrons. The summed E-state index contributed by atoms with van der Waals surface area (Å²) in [4.78, 5) is 13.9. The lowest BCUT2D eigenvalue weighted by atomic mass is 10.1. The zero-order valence-corrected chi connectivity index (χ0v) is 12.8. The van der Waals surface area contributed by atoms with E-state index in [2.05, 4.69) is 5.32 Å². The van der Waals surface area contributed by atoms with E-state index in [0.717, 1.165) is 5.56 Å². The van der Waals surface area contributed by atoms with Crippen molar-refractivity contribution < 1.29 is 13.9 Å². The smallest absolute Gasteiger partial charge is 0.317 e. The monoisotopic (exact) mass is 320 g/mol. The summed E-state index contributed by atoms with van der Waals surface area (Å²) in [5.74, 6) is -0.298. The van der Waals surface area contributed by atoms with Crippen LogP contribution in [0.15, 0.2) is 41.1 Å². The van der Waals surface area contributed by atoms with Crippen molar-refractivity contribution in [1.82, 2.24) is 10.2 Å². The molecule has 0 saturated carbocycles. The highest BCUT2D eigenvalue weighted by Gasteiger charge is 2.26. The summed E-state index contributed by atoms with van der Waals surface area (Å²) in [5, 5.41) is 6.86. The van der Waals surface area contributed by atoms with Gasteiger partial charge in [0.1, 0.15) is 11.9 Å². The van der Waals surface area contributed by atoms with E-state index in [0.29, 0.717) is 31.8 Å². The number of ether oxygens (including phenoxy) is 1. The topological polar surface area (TPSA) is 41.6 Å². The van der Waals surface area contributed by atoms with Crippen LogP contribution in [0.1, 0.15) is 17.2 Å². The van der Waals surface area contributed by atoms with Gasteiger partial charge in [0.25, 0.3) is 0 Å². The Labute approximate surface area is 132 Å². The van der Waals surface area contributed by atoms with Gasteiger partial charge in [0, 0.05) is 18.7 Å². The Balaban J connectivity index is 1.60. The second-order valence-corrected chi connectivity index (χ2v) is 5.90. The summed E-state index contributed by atoms with van der Waals surface area (Å²) in [5.41, 5.74) is 1.58. The average molecular weight is 320 g/mol. The van der Waals surface area contributed by atoms with Crippen LogP contribution in [-0.4, -0.2) is 30.6 Å². The predicted molar refractivity (Wildman–Crippen MR) is 83.2 cm³/mol. The van der Waals surface area contributed by atoms with Gasteiger partial charge in [0.2, 0.25) is 0 Å². The van der Waals surface area contributed by atoms with Crippen LogP contribution in [0.3, 0.4) is 0 Å². The number of benzene rings is 1. The minimum Gasteiger partial charge on any atom is -0.370 e. The number of morpholine rings is 1. The summed E-state index contributed by atoms with van der Waals surface area (Å²) in [6.07, 6.45) is -0.415. The number of thiophene rings is 1. The number of amides is 2. The Bertz CT molecular complexity index is 633. The van der Waals surface area contributed by atoms with Crippen molar-refractivity contribution in [3.63, 3.8) is 0 Å². The molecule has 0 radical (unpaired) electrons. The molecule has 1 aliphatic heterocycles. The van der Waals surface area contributed by atoms with Gasteiger partial charge in [-0.15, -0.1) is 0 Å². The highest BCUT2D eigenvalue weighted by Crippen LogP contribution is 2.24. The Morgan fingerprint density at radius 2 is 2.27 bits per heavy atom. The van der Waals surface area contributed by atoms with E-state index in [1.807, 2.05) is 16.8 Å². The lowest BCUT2D eigenvalue weighted by Crippen LogP contribution is -2.47. The molecule has 1 atom stereocenters. The fraction of sp³-hybridized carbons (Fsp3) is 0.312. The highest BCUT2D eigenvalue weighted by atomic mass is 32.1. The molecular formula is C16H17FN2O2S. The Kier molecular flexibility index (Phi) is 4.70. The fourth-order valence-electron chi connectivity index (χ4n) is 2.44. The van der Waals surface area contributed by atoms with Crippen LogP contribution in [-0.2, 0) is 11.3 Å². The molecule has 1 aromatic heterocycles. The quantitative estimate of drug-likeness (QED) is 0.944. The van der Waals surface area contributed by atoms with Gasteiger partial charge in [-0.25, -0.2) is 9.18 Å². The van der Waals surface area contributed by atoms with Crippen LogP contribution in [0.5, 0.6) is 0 Å². The van der Waals surface area contributed by atoms with Crippen LogP contribution >= 0.6 is 11.3 Å². The van der Waals surface area contributed by atoms with Crippen molar-refractivity contribution in [1.29, 1.82) is 0 Å². The van der Waals surface area contributed by atoms with Gasteiger partial charge in [0.15, 0.2) is 0 Å². The molecule has 1 N–H and O–H groups in total. The lowest BCUT2D eigenvalue weighted by molar-refractivity contribution is -0.0171. The van der Waals surface area contributed by atoms with Gasteiger partial charge in [-0.2, -0.15) is 11.3 Å². The zero-order valence-electron chi connectivity index (χ0n) is 12.0. The Morgan fingerprint density at radius 1 is 1.41 bits per heavy atom. The van der Waals surface area contributed by atoms with Crippen LogP contribution in [0, 0.1) is 5.82 Å². The highest BCUT2D eigenvalue weighted by molar-refractivity contribution is 7.07. The Morgan fingerprint density at radius 3 is 3.05 bits per heavy atom. The molecule has 0 unspecified atom stereocenters. The first-order chi connectivity index (χ1) is 10.7. The number of hydrogen-bond donors (Lipinski definition) is 1. The third kappa shape index (κ3) is 3.45. The van der Waals surface area contributed by atoms with E-state index < -0.39 is 6.10 Å². The number of nitrogens with one attached hydrogen (secondary N) is 1. The third-order valence-electron chi connectivity index (χ3n) is 3.63. The minimum absolute atomic E-state index is 0.143. The van der Waals surface area contributed by atoms with Crippen molar-refractivity contribution in [2.24, 2.45) is 0 Å². The second kappa shape index (κ2) is 6.89. The van der Waals surface area contributed by atoms with Crippen molar-refractivity contribution in [3.8, 4) is 0 Å². The number of nitrogens with zero attached hydrogens (tertiary/aromatic N) is 1. The number of carbonyl (C=O) groups is 1. The maximum absolute atomic E-state index is 13.8. The molecule has 2 amide bonds. The summed E-state index contributed by atoms with van der Waals surface area (Å²) < 4.78 is 19.5. The van der Waals surface area contributed by atoms with E-state index in [1.165, 1.54) is 6.07 Å². The second-order valence-electron chi connectivity index (χ2n) is 5.12. The molecule has 0 bridgehead atoms. The summed E-state index contributed by atoms with van der Waals surface area (Å²) in [7, 11) is 0. The molecule has 3 rings (SSSR count). The summed E-state index contributed by atoms with van der Waals surface area (Å²) >= 11 is 1.60. The third-order valence-corrected chi connectivity index (χ3v) is 4.36. The number of urea groups is 1. The number of hydrogen-bond acceptors (Lipinski definition) is 3. The van der Waals surface area contributed by atoms with E-state index in [1.54, 1.807) is 34.4 Å². The normalized spacial score (nSPS) is 18.2. The van der Waals surface area contributed by atoms with Crippen molar-refractivity contribution >= 4 is 17.4 Å². The van der Waals surface area contributed by atoms with Crippen LogP contribution in [0.25, 0.3) is 0 Å². The molecule has 6 heteroatoms. The zero-order chi connectivity index (χ0) is 15.4. The molecule has 0 spiro atoms. The largest absolute Gasteiger partial charge is 0.370 e. The average Bonchev–Trinajstić information content (AvgIpc) is 3.06. The van der Waals surface area contributed by atoms with Crippen molar-refractivity contribution in [3.05, 3.63) is 58.0 Å². The van der Waals surface area contributed by atoms with E-state index in [9.17, 15) is 9.18 Å². The lowest BCUT2D eigenvalue weighted by Gasteiger charge is -2.33. The number of halogens is 1. The van der Waals surface area contributed by atoms with E-state index >= 15 is 0 Å². The van der Waals surface area contributed by atoms with Crippen LogP contribution < -0.4 is 5.32 Å². The predicted octanol–water partition coefficient (Wildman–Crippen LogP) is 3.17. The van der Waals surface area contributed by atoms with Crippen molar-refractivity contribution in [2.75, 3.05) is 19.7 Å². The van der Waals surface area contributed by atoms with E-state index in [4.69, 9.17) is 4.74 Å². The molecule has 22 heavy (non-hydrogen) atoms. The summed E-state index contributed by atoms with van der Waals surface area (Å²) in [6.45, 7) is 1.78. The van der Waals surface area contributed by atoms with Gasteiger partial charge in [0.05, 0.1) is 13.2 Å². The molecule has 2 heterocycles. The SMILES string of the molecule is O=C(NCc1ccsc1)N1CCO[C@H](c2ccccc2F)C1. The molecule has 1 aliphatic rings. The maximum Gasteiger partial charge on any atom is 0.317 e. The maximum atomic E-state index is 13.8. The van der Waals surface area contributed by atoms with Gasteiger partial charge in [-0.3, -0.25) is 0 Å². The van der Waals surface area contributed by atoms with Gasteiger partial charge in [-0.05, 0) is 28.5 Å².